The molecule has 0 unspecified atom stereocenters. The van der Waals surface area contributed by atoms with Gasteiger partial charge in [0, 0.05) is 17.5 Å². The Hall–Kier alpha value is -1.44. The van der Waals surface area contributed by atoms with Crippen LogP contribution < -0.4 is 0 Å². The van der Waals surface area contributed by atoms with Crippen molar-refractivity contribution in [2.45, 2.75) is 27.2 Å². The summed E-state index contributed by atoms with van der Waals surface area (Å²) < 4.78 is 0. The number of aryl methyl sites for hydroxylation is 1. The van der Waals surface area contributed by atoms with Crippen LogP contribution in [-0.2, 0) is 0 Å². The first-order valence-electron chi connectivity index (χ1n) is 4.81. The number of pyridine rings is 1. The molecule has 14 heavy (non-hydrogen) atoms. The summed E-state index contributed by atoms with van der Waals surface area (Å²) in [5, 5.41) is 0. The molecule has 0 spiro atoms. The van der Waals surface area contributed by atoms with Gasteiger partial charge in [0.15, 0.2) is 5.78 Å². The van der Waals surface area contributed by atoms with Gasteiger partial charge in [-0.1, -0.05) is 13.0 Å². The molecule has 1 aromatic rings. The van der Waals surface area contributed by atoms with Crippen molar-refractivity contribution in [2.24, 2.45) is 0 Å². The van der Waals surface area contributed by atoms with Crippen LogP contribution in [0, 0.1) is 6.92 Å². The fourth-order valence-corrected chi connectivity index (χ4v) is 1.28. The molecule has 1 rings (SSSR count). The number of allylic oxidation sites excluding steroid dienone is 2. The molecule has 0 aliphatic rings. The molecule has 1 heterocycles. The topological polar surface area (TPSA) is 30.0 Å². The minimum Gasteiger partial charge on any atom is -0.289 e. The van der Waals surface area contributed by atoms with E-state index in [0.717, 1.165) is 17.7 Å². The third-order valence-corrected chi connectivity index (χ3v) is 2.19. The van der Waals surface area contributed by atoms with E-state index in [2.05, 4.69) is 4.98 Å². The Kier molecular flexibility index (Phi) is 3.57. The summed E-state index contributed by atoms with van der Waals surface area (Å²) in [6, 6.07) is 3.68. The van der Waals surface area contributed by atoms with Crippen LogP contribution in [-0.4, -0.2) is 10.8 Å². The minimum atomic E-state index is 0.0856. The first-order chi connectivity index (χ1) is 6.69. The van der Waals surface area contributed by atoms with E-state index in [1.807, 2.05) is 39.0 Å². The van der Waals surface area contributed by atoms with Gasteiger partial charge < -0.3 is 0 Å². The highest BCUT2D eigenvalue weighted by molar-refractivity contribution is 6.08. The second-order valence-corrected chi connectivity index (χ2v) is 3.18. The van der Waals surface area contributed by atoms with Crippen LogP contribution in [0.5, 0.6) is 0 Å². The van der Waals surface area contributed by atoms with Crippen molar-refractivity contribution in [3.05, 3.63) is 41.2 Å². The highest BCUT2D eigenvalue weighted by Crippen LogP contribution is 2.10. The lowest BCUT2D eigenvalue weighted by Crippen LogP contribution is -2.03. The van der Waals surface area contributed by atoms with Crippen LogP contribution in [0.1, 0.15) is 36.3 Å². The predicted molar refractivity (Wildman–Crippen MR) is 57.4 cm³/mol. The van der Waals surface area contributed by atoms with Gasteiger partial charge in [0.2, 0.25) is 0 Å². The van der Waals surface area contributed by atoms with Crippen LogP contribution in [0.25, 0.3) is 0 Å². The molecule has 0 saturated heterocycles. The summed E-state index contributed by atoms with van der Waals surface area (Å²) in [6.07, 6.45) is 4.27. The van der Waals surface area contributed by atoms with E-state index in [4.69, 9.17) is 0 Å². The number of carbonyl (C=O) groups is 1. The van der Waals surface area contributed by atoms with Crippen molar-refractivity contribution in [2.75, 3.05) is 0 Å². The average molecular weight is 189 g/mol. The zero-order valence-electron chi connectivity index (χ0n) is 8.87. The van der Waals surface area contributed by atoms with Gasteiger partial charge >= 0.3 is 0 Å². The molecule has 0 atom stereocenters. The third-order valence-electron chi connectivity index (χ3n) is 2.19. The maximum Gasteiger partial charge on any atom is 0.190 e. The lowest BCUT2D eigenvalue weighted by molar-refractivity contribution is 0.103. The van der Waals surface area contributed by atoms with E-state index in [0.29, 0.717) is 5.56 Å². The summed E-state index contributed by atoms with van der Waals surface area (Å²) >= 11 is 0. The van der Waals surface area contributed by atoms with Crippen molar-refractivity contribution < 1.29 is 4.79 Å². The quantitative estimate of drug-likeness (QED) is 0.540. The van der Waals surface area contributed by atoms with Crippen molar-refractivity contribution in [3.63, 3.8) is 0 Å². The summed E-state index contributed by atoms with van der Waals surface area (Å²) in [7, 11) is 0. The normalized spacial score (nSPS) is 11.5. The molecule has 0 bridgehead atoms. The Bertz CT molecular complexity index is 349. The SMILES string of the molecule is C/C=C(/CC)C(=O)c1ccc(C)nc1. The molecule has 1 aromatic heterocycles. The van der Waals surface area contributed by atoms with Crippen molar-refractivity contribution >= 4 is 5.78 Å². The molecule has 0 radical (unpaired) electrons. The van der Waals surface area contributed by atoms with E-state index < -0.39 is 0 Å². The van der Waals surface area contributed by atoms with Crippen LogP contribution in [0.3, 0.4) is 0 Å². The van der Waals surface area contributed by atoms with Gasteiger partial charge in [-0.25, -0.2) is 0 Å². The lowest BCUT2D eigenvalue weighted by Gasteiger charge is -2.02. The van der Waals surface area contributed by atoms with E-state index in [9.17, 15) is 4.79 Å². The Balaban J connectivity index is 2.95. The second kappa shape index (κ2) is 4.70. The van der Waals surface area contributed by atoms with Gasteiger partial charge in [-0.05, 0) is 38.0 Å². The van der Waals surface area contributed by atoms with Crippen LogP contribution >= 0.6 is 0 Å². The number of ketones is 1. The first-order valence-corrected chi connectivity index (χ1v) is 4.81. The van der Waals surface area contributed by atoms with Gasteiger partial charge in [0.1, 0.15) is 0 Å². The van der Waals surface area contributed by atoms with Crippen molar-refractivity contribution in [3.8, 4) is 0 Å². The smallest absolute Gasteiger partial charge is 0.190 e. The molecule has 0 aromatic carbocycles. The molecule has 0 amide bonds. The zero-order chi connectivity index (χ0) is 10.6. The molecule has 2 nitrogen and oxygen atoms in total. The number of aromatic nitrogens is 1. The molecule has 0 aliphatic heterocycles. The van der Waals surface area contributed by atoms with Crippen LogP contribution in [0.4, 0.5) is 0 Å². The Morgan fingerprint density at radius 2 is 2.21 bits per heavy atom. The maximum atomic E-state index is 11.8. The number of hydrogen-bond donors (Lipinski definition) is 0. The number of nitrogens with zero attached hydrogens (tertiary/aromatic N) is 1. The number of Topliss-reactive ketones (excluding diaryl/α,β-unsaturated/α-hetero) is 1. The fourth-order valence-electron chi connectivity index (χ4n) is 1.28. The van der Waals surface area contributed by atoms with Gasteiger partial charge in [-0.3, -0.25) is 9.78 Å². The molecular formula is C12H15NO. The van der Waals surface area contributed by atoms with Gasteiger partial charge in [-0.2, -0.15) is 0 Å². The van der Waals surface area contributed by atoms with Crippen LogP contribution in [0.15, 0.2) is 30.0 Å². The van der Waals surface area contributed by atoms with Crippen LogP contribution in [0.2, 0.25) is 0 Å². The highest BCUT2D eigenvalue weighted by atomic mass is 16.1. The Morgan fingerprint density at radius 3 is 2.64 bits per heavy atom. The number of hydrogen-bond acceptors (Lipinski definition) is 2. The summed E-state index contributed by atoms with van der Waals surface area (Å²) in [5.74, 6) is 0.0856. The van der Waals surface area contributed by atoms with E-state index >= 15 is 0 Å². The standard InChI is InChI=1S/C12H15NO/c1-4-10(5-2)12(14)11-7-6-9(3)13-8-11/h4,6-8H,5H2,1-3H3/b10-4-. The second-order valence-electron chi connectivity index (χ2n) is 3.18. The average Bonchev–Trinajstić information content (AvgIpc) is 2.20. The van der Waals surface area contributed by atoms with E-state index in [1.165, 1.54) is 0 Å². The van der Waals surface area contributed by atoms with Gasteiger partial charge in [0.05, 0.1) is 0 Å². The molecule has 0 N–H and O–H groups in total. The van der Waals surface area contributed by atoms with Gasteiger partial charge in [-0.15, -0.1) is 0 Å². The van der Waals surface area contributed by atoms with E-state index in [1.54, 1.807) is 6.20 Å². The fraction of sp³-hybridized carbons (Fsp3) is 0.333. The molecule has 2 heteroatoms. The predicted octanol–water partition coefficient (Wildman–Crippen LogP) is 2.93. The lowest BCUT2D eigenvalue weighted by atomic mass is 10.0. The summed E-state index contributed by atoms with van der Waals surface area (Å²) in [6.45, 7) is 5.78. The zero-order valence-corrected chi connectivity index (χ0v) is 8.87. The van der Waals surface area contributed by atoms with Gasteiger partial charge in [0.25, 0.3) is 0 Å². The number of rotatable bonds is 3. The number of carbonyl (C=O) groups excluding carboxylic acids is 1. The molecule has 74 valence electrons. The molecule has 0 aliphatic carbocycles. The van der Waals surface area contributed by atoms with Crippen molar-refractivity contribution in [1.29, 1.82) is 0 Å². The highest BCUT2D eigenvalue weighted by Gasteiger charge is 2.09. The van der Waals surface area contributed by atoms with Crippen molar-refractivity contribution in [1.82, 2.24) is 4.98 Å². The monoisotopic (exact) mass is 189 g/mol. The summed E-state index contributed by atoms with van der Waals surface area (Å²) in [4.78, 5) is 15.9. The summed E-state index contributed by atoms with van der Waals surface area (Å²) in [5.41, 5.74) is 2.45. The Labute approximate surface area is 84.7 Å². The molecule has 0 fully saturated rings. The molecular weight excluding hydrogens is 174 g/mol. The largest absolute Gasteiger partial charge is 0.289 e. The van der Waals surface area contributed by atoms with E-state index in [-0.39, 0.29) is 5.78 Å². The Morgan fingerprint density at radius 1 is 1.50 bits per heavy atom. The molecule has 0 saturated carbocycles. The maximum absolute atomic E-state index is 11.8. The first kappa shape index (κ1) is 10.6. The minimum absolute atomic E-state index is 0.0856. The third kappa shape index (κ3) is 2.28.